The molecule has 81 heavy (non-hydrogen) atoms. The summed E-state index contributed by atoms with van der Waals surface area (Å²) in [5, 5.41) is 10.5. The Labute approximate surface area is 492 Å². The summed E-state index contributed by atoms with van der Waals surface area (Å²) in [7, 11) is -9.86. The van der Waals surface area contributed by atoms with E-state index in [1.807, 2.05) is 0 Å². The molecule has 0 radical (unpaired) electrons. The Bertz CT molecular complexity index is 1580. The smallest absolute Gasteiger partial charge is 0.462 e. The molecule has 3 N–H and O–H groups in total. The largest absolute Gasteiger partial charge is 0.472 e. The Kier molecular flexibility index (Phi) is 54.6. The molecule has 0 aliphatic carbocycles. The van der Waals surface area contributed by atoms with E-state index in [1.54, 1.807) is 0 Å². The molecule has 0 aliphatic rings. The summed E-state index contributed by atoms with van der Waals surface area (Å²) in [6, 6.07) is 0. The van der Waals surface area contributed by atoms with E-state index in [0.29, 0.717) is 25.7 Å². The number of esters is 4. The summed E-state index contributed by atoms with van der Waals surface area (Å²) >= 11 is 0. The summed E-state index contributed by atoms with van der Waals surface area (Å²) in [5.74, 6) is -1.33. The van der Waals surface area contributed by atoms with Crippen LogP contribution in [0.1, 0.15) is 311 Å². The number of hydrogen-bond acceptors (Lipinski definition) is 15. The van der Waals surface area contributed by atoms with E-state index in [4.69, 9.17) is 37.0 Å². The third-order valence-electron chi connectivity index (χ3n) is 14.3. The van der Waals surface area contributed by atoms with Gasteiger partial charge in [0.2, 0.25) is 0 Å². The Morgan fingerprint density at radius 2 is 0.568 bits per heavy atom. The van der Waals surface area contributed by atoms with Crippen molar-refractivity contribution in [1.29, 1.82) is 0 Å². The van der Waals surface area contributed by atoms with Crippen LogP contribution in [-0.4, -0.2) is 96.7 Å². The zero-order valence-electron chi connectivity index (χ0n) is 51.9. The highest BCUT2D eigenvalue weighted by Crippen LogP contribution is 2.45. The lowest BCUT2D eigenvalue weighted by Crippen LogP contribution is -2.30. The summed E-state index contributed by atoms with van der Waals surface area (Å²) in [6.07, 6.45) is 39.7. The molecule has 0 bridgehead atoms. The van der Waals surface area contributed by atoms with Gasteiger partial charge >= 0.3 is 39.5 Å². The van der Waals surface area contributed by atoms with Gasteiger partial charge in [-0.05, 0) is 31.6 Å². The number of hydrogen-bond donors (Lipinski definition) is 3. The summed E-state index contributed by atoms with van der Waals surface area (Å²) in [4.78, 5) is 71.6. The molecule has 0 aromatic rings. The van der Waals surface area contributed by atoms with Crippen molar-refractivity contribution in [2.75, 3.05) is 39.6 Å². The van der Waals surface area contributed by atoms with E-state index in [9.17, 15) is 43.2 Å². The van der Waals surface area contributed by atoms with Gasteiger partial charge in [-0.3, -0.25) is 37.3 Å². The van der Waals surface area contributed by atoms with Crippen molar-refractivity contribution in [1.82, 2.24) is 0 Å². The maximum atomic E-state index is 12.9. The number of aliphatic hydroxyl groups excluding tert-OH is 1. The number of carbonyl (C=O) groups excluding carboxylic acids is 4. The van der Waals surface area contributed by atoms with Gasteiger partial charge in [0, 0.05) is 25.7 Å². The van der Waals surface area contributed by atoms with Crippen molar-refractivity contribution < 1.29 is 80.2 Å². The predicted octanol–water partition coefficient (Wildman–Crippen LogP) is 17.0. The Morgan fingerprint density at radius 3 is 0.840 bits per heavy atom. The summed E-state index contributed by atoms with van der Waals surface area (Å²) in [5.41, 5.74) is 0. The predicted molar refractivity (Wildman–Crippen MR) is 322 cm³/mol. The summed E-state index contributed by atoms with van der Waals surface area (Å²) in [6.45, 7) is 7.05. The number of rotatable bonds is 62. The SMILES string of the molecule is CCCCCCCCCCC(=O)OC[C@H](COP(=O)(O)OC[C@@H](O)COP(=O)(O)OC[C@@H](COC(=O)CCCCCCC)OC(=O)CCCCCCCCC)OC(=O)CCCCCCCCCCCCCCCCCCCCC(C)C. The molecule has 0 amide bonds. The van der Waals surface area contributed by atoms with Gasteiger partial charge in [-0.1, -0.05) is 259 Å². The van der Waals surface area contributed by atoms with Crippen molar-refractivity contribution in [3.05, 3.63) is 0 Å². The second-order valence-electron chi connectivity index (χ2n) is 22.9. The number of ether oxygens (including phenoxy) is 4. The standard InChI is InChI=1S/C62H120O17P2/c1-6-9-12-15-17-32-36-41-46-60(65)73-52-58(79-62(67)48-43-38-33-29-27-25-23-21-19-18-20-22-24-26-28-31-35-39-44-55(4)5)54-77-81(70,71)75-50-56(63)49-74-80(68,69)76-53-57(51-72-59(64)45-40-34-14-11-8-3)78-61(66)47-42-37-30-16-13-10-7-2/h55-58,63H,6-54H2,1-5H3,(H,68,69)(H,70,71)/t56-,57+,58+/m0/s1. The van der Waals surface area contributed by atoms with Gasteiger partial charge in [0.15, 0.2) is 12.2 Å². The van der Waals surface area contributed by atoms with E-state index in [1.165, 1.54) is 109 Å². The number of carbonyl (C=O) groups is 4. The number of phosphoric ester groups is 2. The van der Waals surface area contributed by atoms with Gasteiger partial charge in [-0.15, -0.1) is 0 Å². The molecule has 5 atom stereocenters. The molecule has 17 nitrogen and oxygen atoms in total. The van der Waals surface area contributed by atoms with Crippen LogP contribution in [0.25, 0.3) is 0 Å². The van der Waals surface area contributed by atoms with Gasteiger partial charge in [-0.25, -0.2) is 9.13 Å². The van der Waals surface area contributed by atoms with Crippen LogP contribution in [0, 0.1) is 5.92 Å². The first-order valence-corrected chi connectivity index (χ1v) is 35.6. The molecule has 2 unspecified atom stereocenters. The van der Waals surface area contributed by atoms with Crippen LogP contribution in [0.3, 0.4) is 0 Å². The van der Waals surface area contributed by atoms with E-state index in [0.717, 1.165) is 121 Å². The molecular weight excluding hydrogens is 1080 g/mol. The zero-order valence-corrected chi connectivity index (χ0v) is 53.7. The lowest BCUT2D eigenvalue weighted by atomic mass is 10.0. The molecule has 0 saturated heterocycles. The van der Waals surface area contributed by atoms with Crippen molar-refractivity contribution in [3.8, 4) is 0 Å². The fourth-order valence-electron chi connectivity index (χ4n) is 9.23. The average molecular weight is 1200 g/mol. The zero-order chi connectivity index (χ0) is 59.9. The number of unbranched alkanes of at least 4 members (excludes halogenated alkanes) is 34. The van der Waals surface area contributed by atoms with Crippen LogP contribution in [0.15, 0.2) is 0 Å². The molecule has 0 rings (SSSR count). The number of phosphoric acid groups is 2. The Hall–Kier alpha value is -1.94. The molecule has 0 aromatic heterocycles. The molecular formula is C62H120O17P2. The first-order valence-electron chi connectivity index (χ1n) is 32.6. The van der Waals surface area contributed by atoms with E-state index < -0.39 is 97.5 Å². The maximum Gasteiger partial charge on any atom is 0.472 e. The molecule has 0 aromatic carbocycles. The molecule has 0 heterocycles. The average Bonchev–Trinajstić information content (AvgIpc) is 3.43. The van der Waals surface area contributed by atoms with E-state index in [-0.39, 0.29) is 25.7 Å². The van der Waals surface area contributed by atoms with Crippen molar-refractivity contribution in [2.45, 2.75) is 329 Å². The van der Waals surface area contributed by atoms with Gasteiger partial charge in [-0.2, -0.15) is 0 Å². The van der Waals surface area contributed by atoms with Gasteiger partial charge < -0.3 is 33.8 Å². The monoisotopic (exact) mass is 1200 g/mol. The molecule has 0 saturated carbocycles. The van der Waals surface area contributed by atoms with Crippen LogP contribution in [0.5, 0.6) is 0 Å². The fraction of sp³-hybridized carbons (Fsp3) is 0.935. The highest BCUT2D eigenvalue weighted by molar-refractivity contribution is 7.47. The van der Waals surface area contributed by atoms with Crippen molar-refractivity contribution >= 4 is 39.5 Å². The maximum absolute atomic E-state index is 12.9. The van der Waals surface area contributed by atoms with E-state index >= 15 is 0 Å². The lowest BCUT2D eigenvalue weighted by Gasteiger charge is -2.21. The number of aliphatic hydroxyl groups is 1. The van der Waals surface area contributed by atoms with Crippen LogP contribution in [0.4, 0.5) is 0 Å². The topological polar surface area (TPSA) is 237 Å². The van der Waals surface area contributed by atoms with Crippen LogP contribution < -0.4 is 0 Å². The fourth-order valence-corrected chi connectivity index (χ4v) is 10.8. The Morgan fingerprint density at radius 1 is 0.333 bits per heavy atom. The second-order valence-corrected chi connectivity index (χ2v) is 25.8. The normalized spacial score (nSPS) is 14.3. The lowest BCUT2D eigenvalue weighted by molar-refractivity contribution is -0.161. The van der Waals surface area contributed by atoms with Gasteiger partial charge in [0.05, 0.1) is 26.4 Å². The molecule has 0 fully saturated rings. The first kappa shape index (κ1) is 79.1. The highest BCUT2D eigenvalue weighted by Gasteiger charge is 2.30. The first-order chi connectivity index (χ1) is 39.0. The second kappa shape index (κ2) is 55.9. The Balaban J connectivity index is 5.00. The third-order valence-corrected chi connectivity index (χ3v) is 16.2. The molecule has 0 aliphatic heterocycles. The minimum Gasteiger partial charge on any atom is -0.462 e. The van der Waals surface area contributed by atoms with Gasteiger partial charge in [0.25, 0.3) is 0 Å². The van der Waals surface area contributed by atoms with E-state index in [2.05, 4.69) is 34.6 Å². The molecule has 480 valence electrons. The minimum atomic E-state index is -4.94. The van der Waals surface area contributed by atoms with Crippen LogP contribution in [-0.2, 0) is 65.4 Å². The third kappa shape index (κ3) is 56.9. The van der Waals surface area contributed by atoms with Gasteiger partial charge in [0.1, 0.15) is 19.3 Å². The van der Waals surface area contributed by atoms with Crippen LogP contribution in [0.2, 0.25) is 0 Å². The van der Waals surface area contributed by atoms with Crippen LogP contribution >= 0.6 is 15.6 Å². The minimum absolute atomic E-state index is 0.103. The quantitative estimate of drug-likeness (QED) is 0.0222. The molecule has 0 spiro atoms. The van der Waals surface area contributed by atoms with Crippen molar-refractivity contribution in [2.24, 2.45) is 5.92 Å². The molecule has 19 heteroatoms. The van der Waals surface area contributed by atoms with Crippen molar-refractivity contribution in [3.63, 3.8) is 0 Å². The highest BCUT2D eigenvalue weighted by atomic mass is 31.2. The summed E-state index contributed by atoms with van der Waals surface area (Å²) < 4.78 is 67.5.